The maximum absolute atomic E-state index is 14.2. The monoisotopic (exact) mass is 376 g/mol. The molecular weight excluding hydrogens is 355 g/mol. The van der Waals surface area contributed by atoms with Gasteiger partial charge in [-0.3, -0.25) is 4.98 Å². The van der Waals surface area contributed by atoms with E-state index in [1.165, 1.54) is 18.2 Å². The van der Waals surface area contributed by atoms with E-state index in [0.29, 0.717) is 12.8 Å². The van der Waals surface area contributed by atoms with Crippen molar-refractivity contribution in [1.29, 1.82) is 0 Å². The number of sulfonamides is 1. The van der Waals surface area contributed by atoms with E-state index in [9.17, 15) is 12.8 Å². The van der Waals surface area contributed by atoms with Crippen LogP contribution in [0.25, 0.3) is 0 Å². The molecule has 2 aliphatic heterocycles. The van der Waals surface area contributed by atoms with Crippen LogP contribution in [0.2, 0.25) is 0 Å². The summed E-state index contributed by atoms with van der Waals surface area (Å²) in [6.45, 7) is 2.32. The topological polar surface area (TPSA) is 74.3 Å². The number of hydrogen-bond acceptors (Lipinski definition) is 5. The lowest BCUT2D eigenvalue weighted by molar-refractivity contribution is 0.166. The maximum Gasteiger partial charge on any atom is 0.244 e. The molecule has 2 aliphatic rings. The molecule has 1 aromatic heterocycles. The molecule has 138 valence electrons. The van der Waals surface area contributed by atoms with Crippen molar-refractivity contribution in [1.82, 2.24) is 14.6 Å². The van der Waals surface area contributed by atoms with Crippen molar-refractivity contribution in [2.24, 2.45) is 0 Å². The van der Waals surface area contributed by atoms with Crippen LogP contribution in [-0.2, 0) is 16.4 Å². The molecular formula is C18H21FN4O2S. The minimum absolute atomic E-state index is 0.0271. The van der Waals surface area contributed by atoms with Gasteiger partial charge in [0.25, 0.3) is 0 Å². The van der Waals surface area contributed by atoms with Gasteiger partial charge in [-0.05, 0) is 37.1 Å². The first-order valence-corrected chi connectivity index (χ1v) is 10.2. The number of nitrogens with zero attached hydrogens (tertiary/aromatic N) is 2. The zero-order chi connectivity index (χ0) is 18.2. The quantitative estimate of drug-likeness (QED) is 0.857. The molecule has 1 aromatic carbocycles. The average Bonchev–Trinajstić information content (AvgIpc) is 2.63. The third-order valence-electron chi connectivity index (χ3n) is 5.08. The number of rotatable bonds is 3. The summed E-state index contributed by atoms with van der Waals surface area (Å²) in [4.78, 5) is 6.59. The summed E-state index contributed by atoms with van der Waals surface area (Å²) in [6.07, 6.45) is 3.78. The van der Waals surface area contributed by atoms with Crippen molar-refractivity contribution in [2.45, 2.75) is 29.8 Å². The number of para-hydroxylation sites is 1. The van der Waals surface area contributed by atoms with E-state index in [4.69, 9.17) is 0 Å². The first-order chi connectivity index (χ1) is 12.5. The van der Waals surface area contributed by atoms with Crippen LogP contribution in [0.1, 0.15) is 18.5 Å². The molecule has 1 saturated heterocycles. The van der Waals surface area contributed by atoms with Crippen LogP contribution in [0.3, 0.4) is 0 Å². The second-order valence-corrected chi connectivity index (χ2v) is 8.49. The lowest BCUT2D eigenvalue weighted by atomic mass is 9.96. The van der Waals surface area contributed by atoms with Crippen LogP contribution < -0.4 is 10.0 Å². The Hall–Kier alpha value is -2.03. The number of fused-ring (bicyclic) bond motifs is 1. The Kier molecular flexibility index (Phi) is 4.42. The first kappa shape index (κ1) is 17.4. The number of likely N-dealkylation sites (tertiary alicyclic amines) is 1. The van der Waals surface area contributed by atoms with Crippen molar-refractivity contribution >= 4 is 15.7 Å². The van der Waals surface area contributed by atoms with Crippen LogP contribution in [-0.4, -0.2) is 43.6 Å². The van der Waals surface area contributed by atoms with Crippen molar-refractivity contribution in [3.05, 3.63) is 54.1 Å². The molecule has 0 radical (unpaired) electrons. The van der Waals surface area contributed by atoms with Gasteiger partial charge in [0.15, 0.2) is 0 Å². The van der Waals surface area contributed by atoms with Gasteiger partial charge in [-0.2, -0.15) is 4.72 Å². The fourth-order valence-electron chi connectivity index (χ4n) is 3.63. The highest BCUT2D eigenvalue weighted by Gasteiger charge is 2.43. The zero-order valence-electron chi connectivity index (χ0n) is 14.3. The normalized spacial score (nSPS) is 21.1. The van der Waals surface area contributed by atoms with Crippen molar-refractivity contribution in [2.75, 3.05) is 25.0 Å². The highest BCUT2D eigenvalue weighted by atomic mass is 32.2. The summed E-state index contributed by atoms with van der Waals surface area (Å²) >= 11 is 0. The third-order valence-corrected chi connectivity index (χ3v) is 6.66. The Labute approximate surface area is 152 Å². The molecule has 0 bridgehead atoms. The molecule has 0 aliphatic carbocycles. The number of aromatic nitrogens is 1. The van der Waals surface area contributed by atoms with E-state index in [1.807, 2.05) is 18.2 Å². The van der Waals surface area contributed by atoms with E-state index >= 15 is 0 Å². The fraction of sp³-hybridized carbons (Fsp3) is 0.389. The van der Waals surface area contributed by atoms with E-state index in [0.717, 1.165) is 31.7 Å². The first-order valence-electron chi connectivity index (χ1n) is 8.70. The fourth-order valence-corrected chi connectivity index (χ4v) is 5.19. The van der Waals surface area contributed by atoms with Gasteiger partial charge >= 0.3 is 0 Å². The van der Waals surface area contributed by atoms with E-state index in [1.54, 1.807) is 6.20 Å². The molecule has 26 heavy (non-hydrogen) atoms. The molecule has 3 heterocycles. The predicted octanol–water partition coefficient (Wildman–Crippen LogP) is 1.96. The highest BCUT2D eigenvalue weighted by Crippen LogP contribution is 2.36. The number of halogens is 1. The van der Waals surface area contributed by atoms with Crippen molar-refractivity contribution < 1.29 is 12.8 Å². The Balaban J connectivity index is 1.45. The number of piperidine rings is 1. The molecule has 0 saturated carbocycles. The summed E-state index contributed by atoms with van der Waals surface area (Å²) in [6, 6.07) is 9.98. The molecule has 4 rings (SSSR count). The summed E-state index contributed by atoms with van der Waals surface area (Å²) in [5.74, 6) is -0.537. The zero-order valence-corrected chi connectivity index (χ0v) is 15.1. The van der Waals surface area contributed by atoms with E-state index < -0.39 is 21.5 Å². The van der Waals surface area contributed by atoms with Crippen LogP contribution in [0.5, 0.6) is 0 Å². The number of pyridine rings is 1. The summed E-state index contributed by atoms with van der Waals surface area (Å²) in [7, 11) is -3.73. The third kappa shape index (κ3) is 3.32. The minimum Gasteiger partial charge on any atom is -0.363 e. The second-order valence-electron chi connectivity index (χ2n) is 6.84. The number of hydrogen-bond donors (Lipinski definition) is 2. The molecule has 1 fully saturated rings. The second kappa shape index (κ2) is 6.61. The standard InChI is InChI=1S/C18H21FN4O2S/c19-15-5-3-6-16-17(15)21-18(22-26(16,24)25)8-12-23(13-9-18)11-7-14-4-1-2-10-20-14/h1-6,10,21-22H,7-9,11-13H2. The SMILES string of the molecule is O=S1(=O)NC2(CCN(CCc3ccccn3)CC2)Nc2c(F)cccc21. The summed E-state index contributed by atoms with van der Waals surface area (Å²) < 4.78 is 42.0. The largest absolute Gasteiger partial charge is 0.363 e. The van der Waals surface area contributed by atoms with Crippen LogP contribution in [0.15, 0.2) is 47.5 Å². The average molecular weight is 376 g/mol. The highest BCUT2D eigenvalue weighted by molar-refractivity contribution is 7.89. The van der Waals surface area contributed by atoms with Crippen LogP contribution >= 0.6 is 0 Å². The van der Waals surface area contributed by atoms with Crippen LogP contribution in [0, 0.1) is 5.82 Å². The van der Waals surface area contributed by atoms with Gasteiger partial charge in [-0.1, -0.05) is 12.1 Å². The van der Waals surface area contributed by atoms with Gasteiger partial charge in [0.2, 0.25) is 10.0 Å². The Morgan fingerprint density at radius 3 is 2.69 bits per heavy atom. The van der Waals surface area contributed by atoms with Gasteiger partial charge in [0.05, 0.1) is 5.69 Å². The van der Waals surface area contributed by atoms with Gasteiger partial charge in [0, 0.05) is 37.9 Å². The molecule has 8 heteroatoms. The van der Waals surface area contributed by atoms with Crippen LogP contribution in [0.4, 0.5) is 10.1 Å². The molecule has 2 N–H and O–H groups in total. The Morgan fingerprint density at radius 2 is 1.96 bits per heavy atom. The smallest absolute Gasteiger partial charge is 0.244 e. The summed E-state index contributed by atoms with van der Waals surface area (Å²) in [5, 5.41) is 3.13. The Morgan fingerprint density at radius 1 is 1.15 bits per heavy atom. The molecule has 0 amide bonds. The van der Waals surface area contributed by atoms with Crippen molar-refractivity contribution in [3.8, 4) is 0 Å². The van der Waals surface area contributed by atoms with Gasteiger partial charge in [-0.15, -0.1) is 0 Å². The lowest BCUT2D eigenvalue weighted by Gasteiger charge is -2.45. The molecule has 0 atom stereocenters. The number of anilines is 1. The van der Waals surface area contributed by atoms with Crippen molar-refractivity contribution in [3.63, 3.8) is 0 Å². The molecule has 6 nitrogen and oxygen atoms in total. The maximum atomic E-state index is 14.2. The lowest BCUT2D eigenvalue weighted by Crippen LogP contribution is -2.62. The predicted molar refractivity (Wildman–Crippen MR) is 96.7 cm³/mol. The molecule has 0 unspecified atom stereocenters. The van der Waals surface area contributed by atoms with Gasteiger partial charge in [-0.25, -0.2) is 12.8 Å². The Bertz CT molecular complexity index is 897. The van der Waals surface area contributed by atoms with E-state index in [2.05, 4.69) is 19.9 Å². The van der Waals surface area contributed by atoms with E-state index in [-0.39, 0.29) is 10.6 Å². The molecule has 1 spiro atoms. The number of nitrogens with one attached hydrogen (secondary N) is 2. The number of benzene rings is 1. The van der Waals surface area contributed by atoms with Gasteiger partial charge in [0.1, 0.15) is 16.4 Å². The minimum atomic E-state index is -3.73. The summed E-state index contributed by atoms with van der Waals surface area (Å²) in [5.41, 5.74) is 0.295. The molecule has 2 aromatic rings. The van der Waals surface area contributed by atoms with Gasteiger partial charge < -0.3 is 10.2 Å².